The van der Waals surface area contributed by atoms with Crippen LogP contribution in [0.1, 0.15) is 25.6 Å². The molecule has 1 saturated heterocycles. The summed E-state index contributed by atoms with van der Waals surface area (Å²) in [5.41, 5.74) is 0. The molecule has 0 aliphatic carbocycles. The average molecular weight is 280 g/mol. The third-order valence-corrected chi connectivity index (χ3v) is 3.80. The van der Waals surface area contributed by atoms with Gasteiger partial charge in [-0.2, -0.15) is 0 Å². The Kier molecular flexibility index (Phi) is 4.44. The fourth-order valence-electron chi connectivity index (χ4n) is 2.36. The molecule has 1 aliphatic rings. The predicted octanol–water partition coefficient (Wildman–Crippen LogP) is 1.11. The summed E-state index contributed by atoms with van der Waals surface area (Å²) in [4.78, 5) is 24.6. The van der Waals surface area contributed by atoms with E-state index in [4.69, 9.17) is 9.52 Å². The van der Waals surface area contributed by atoms with Gasteiger partial charge >= 0.3 is 5.97 Å². The highest BCUT2D eigenvalue weighted by atomic mass is 16.4. The Morgan fingerprint density at radius 3 is 2.75 bits per heavy atom. The number of hydrogen-bond acceptors (Lipinski definition) is 4. The number of rotatable bonds is 6. The number of furan rings is 1. The standard InChI is InChI=1S/C14H20N2O4/c1-9(14(18)19)11-6-16(7-11)8-13(17)15-10(2)12-4-3-5-20-12/h3-5,9-11H,6-8H2,1-2H3,(H,15,17)(H,18,19). The quantitative estimate of drug-likeness (QED) is 0.815. The molecule has 0 aromatic carbocycles. The summed E-state index contributed by atoms with van der Waals surface area (Å²) in [6.07, 6.45) is 1.57. The summed E-state index contributed by atoms with van der Waals surface area (Å²) in [5.74, 6) is -0.334. The molecule has 6 heteroatoms. The number of aliphatic carboxylic acids is 1. The molecule has 2 unspecified atom stereocenters. The van der Waals surface area contributed by atoms with Crippen LogP contribution in [-0.2, 0) is 9.59 Å². The number of carboxylic acids is 1. The molecule has 2 atom stereocenters. The molecule has 1 amide bonds. The van der Waals surface area contributed by atoms with Gasteiger partial charge in [-0.25, -0.2) is 0 Å². The van der Waals surface area contributed by atoms with E-state index in [1.165, 1.54) is 0 Å². The summed E-state index contributed by atoms with van der Waals surface area (Å²) >= 11 is 0. The Labute approximate surface area is 117 Å². The molecule has 20 heavy (non-hydrogen) atoms. The van der Waals surface area contributed by atoms with Crippen molar-refractivity contribution in [2.75, 3.05) is 19.6 Å². The van der Waals surface area contributed by atoms with Crippen LogP contribution in [0.5, 0.6) is 0 Å². The molecule has 1 aliphatic heterocycles. The molecule has 0 spiro atoms. The van der Waals surface area contributed by atoms with E-state index < -0.39 is 5.97 Å². The summed E-state index contributed by atoms with van der Waals surface area (Å²) in [6.45, 7) is 5.20. The maximum Gasteiger partial charge on any atom is 0.306 e. The smallest absolute Gasteiger partial charge is 0.306 e. The maximum absolute atomic E-state index is 11.9. The fraction of sp³-hybridized carbons (Fsp3) is 0.571. The minimum Gasteiger partial charge on any atom is -0.481 e. The molecule has 1 aromatic heterocycles. The number of amides is 1. The molecule has 2 heterocycles. The van der Waals surface area contributed by atoms with E-state index in [0.29, 0.717) is 19.6 Å². The van der Waals surface area contributed by atoms with Gasteiger partial charge in [-0.15, -0.1) is 0 Å². The number of carboxylic acid groups (broad SMARTS) is 1. The van der Waals surface area contributed by atoms with E-state index >= 15 is 0 Å². The van der Waals surface area contributed by atoms with Gasteiger partial charge in [0.15, 0.2) is 0 Å². The van der Waals surface area contributed by atoms with E-state index in [2.05, 4.69) is 5.32 Å². The van der Waals surface area contributed by atoms with Crippen molar-refractivity contribution < 1.29 is 19.1 Å². The number of nitrogens with one attached hydrogen (secondary N) is 1. The van der Waals surface area contributed by atoms with Gasteiger partial charge < -0.3 is 14.8 Å². The molecule has 1 fully saturated rings. The first kappa shape index (κ1) is 14.6. The van der Waals surface area contributed by atoms with E-state index in [-0.39, 0.29) is 23.8 Å². The van der Waals surface area contributed by atoms with Crippen molar-refractivity contribution in [3.8, 4) is 0 Å². The minimum absolute atomic E-state index is 0.0738. The maximum atomic E-state index is 11.9. The van der Waals surface area contributed by atoms with Crippen LogP contribution in [0.2, 0.25) is 0 Å². The van der Waals surface area contributed by atoms with Gasteiger partial charge in [0.1, 0.15) is 5.76 Å². The van der Waals surface area contributed by atoms with Crippen molar-refractivity contribution in [3.05, 3.63) is 24.2 Å². The van der Waals surface area contributed by atoms with E-state index in [1.807, 2.05) is 17.9 Å². The van der Waals surface area contributed by atoms with Crippen LogP contribution in [0.15, 0.2) is 22.8 Å². The first-order chi connectivity index (χ1) is 9.47. The molecule has 0 bridgehead atoms. The molecule has 110 valence electrons. The van der Waals surface area contributed by atoms with Crippen LogP contribution in [-0.4, -0.2) is 41.5 Å². The average Bonchev–Trinajstić information content (AvgIpc) is 2.86. The van der Waals surface area contributed by atoms with Gasteiger partial charge in [0.25, 0.3) is 0 Å². The summed E-state index contributed by atoms with van der Waals surface area (Å²) in [5, 5.41) is 11.8. The third kappa shape index (κ3) is 3.39. The van der Waals surface area contributed by atoms with Gasteiger partial charge in [0, 0.05) is 13.1 Å². The van der Waals surface area contributed by atoms with Crippen molar-refractivity contribution in [1.82, 2.24) is 10.2 Å². The van der Waals surface area contributed by atoms with Crippen molar-refractivity contribution in [2.45, 2.75) is 19.9 Å². The van der Waals surface area contributed by atoms with Crippen molar-refractivity contribution >= 4 is 11.9 Å². The summed E-state index contributed by atoms with van der Waals surface area (Å²) < 4.78 is 5.22. The number of carbonyl (C=O) groups is 2. The summed E-state index contributed by atoms with van der Waals surface area (Å²) in [6, 6.07) is 3.44. The topological polar surface area (TPSA) is 82.8 Å². The largest absolute Gasteiger partial charge is 0.481 e. The van der Waals surface area contributed by atoms with Gasteiger partial charge in [-0.05, 0) is 25.0 Å². The zero-order chi connectivity index (χ0) is 14.7. The monoisotopic (exact) mass is 280 g/mol. The SMILES string of the molecule is CC(NC(=O)CN1CC(C(C)C(=O)O)C1)c1ccco1. The normalized spacial score (nSPS) is 19.1. The lowest BCUT2D eigenvalue weighted by molar-refractivity contribution is -0.145. The molecular formula is C14H20N2O4. The molecule has 2 N–H and O–H groups in total. The lowest BCUT2D eigenvalue weighted by Crippen LogP contribution is -2.54. The Morgan fingerprint density at radius 2 is 2.20 bits per heavy atom. The van der Waals surface area contributed by atoms with Gasteiger partial charge in [-0.3, -0.25) is 14.5 Å². The van der Waals surface area contributed by atoms with Gasteiger partial charge in [-0.1, -0.05) is 6.92 Å². The Hall–Kier alpha value is -1.82. The fourth-order valence-corrected chi connectivity index (χ4v) is 2.36. The second kappa shape index (κ2) is 6.09. The highest BCUT2D eigenvalue weighted by Gasteiger charge is 2.35. The third-order valence-electron chi connectivity index (χ3n) is 3.80. The first-order valence-electron chi connectivity index (χ1n) is 6.75. The number of likely N-dealkylation sites (tertiary alicyclic amines) is 1. The minimum atomic E-state index is -0.773. The van der Waals surface area contributed by atoms with Crippen molar-refractivity contribution in [3.63, 3.8) is 0 Å². The van der Waals surface area contributed by atoms with Crippen LogP contribution >= 0.6 is 0 Å². The Balaban J connectivity index is 1.71. The first-order valence-corrected chi connectivity index (χ1v) is 6.75. The van der Waals surface area contributed by atoms with Crippen molar-refractivity contribution in [1.29, 1.82) is 0 Å². The lowest BCUT2D eigenvalue weighted by Gasteiger charge is -2.40. The van der Waals surface area contributed by atoms with Crippen LogP contribution in [0.4, 0.5) is 0 Å². The molecule has 0 saturated carbocycles. The lowest BCUT2D eigenvalue weighted by atomic mass is 9.87. The Bertz CT molecular complexity index is 466. The van der Waals surface area contributed by atoms with E-state index in [9.17, 15) is 9.59 Å². The predicted molar refractivity (Wildman–Crippen MR) is 72.0 cm³/mol. The van der Waals surface area contributed by atoms with E-state index in [1.54, 1.807) is 19.3 Å². The number of hydrogen-bond donors (Lipinski definition) is 2. The van der Waals surface area contributed by atoms with Gasteiger partial charge in [0.2, 0.25) is 5.91 Å². The highest BCUT2D eigenvalue weighted by Crippen LogP contribution is 2.23. The van der Waals surface area contributed by atoms with Crippen molar-refractivity contribution in [2.24, 2.45) is 11.8 Å². The van der Waals surface area contributed by atoms with Crippen LogP contribution in [0, 0.1) is 11.8 Å². The molecule has 1 aromatic rings. The second-order valence-corrected chi connectivity index (χ2v) is 5.39. The van der Waals surface area contributed by atoms with Crippen LogP contribution < -0.4 is 5.32 Å². The highest BCUT2D eigenvalue weighted by molar-refractivity contribution is 5.78. The molecule has 2 rings (SSSR count). The zero-order valence-corrected chi connectivity index (χ0v) is 11.7. The molecule has 6 nitrogen and oxygen atoms in total. The summed E-state index contributed by atoms with van der Waals surface area (Å²) in [7, 11) is 0. The van der Waals surface area contributed by atoms with Gasteiger partial charge in [0.05, 0.1) is 24.8 Å². The number of nitrogens with zero attached hydrogens (tertiary/aromatic N) is 1. The number of carbonyl (C=O) groups excluding carboxylic acids is 1. The molecular weight excluding hydrogens is 260 g/mol. The Morgan fingerprint density at radius 1 is 1.50 bits per heavy atom. The van der Waals surface area contributed by atoms with Crippen LogP contribution in [0.3, 0.4) is 0 Å². The molecule has 0 radical (unpaired) electrons. The zero-order valence-electron chi connectivity index (χ0n) is 11.7. The van der Waals surface area contributed by atoms with Crippen LogP contribution in [0.25, 0.3) is 0 Å². The second-order valence-electron chi connectivity index (χ2n) is 5.39. The van der Waals surface area contributed by atoms with E-state index in [0.717, 1.165) is 5.76 Å².